The average Bonchev–Trinajstić information content (AvgIpc) is 2.38. The molecule has 0 heterocycles. The molecule has 0 bridgehead atoms. The van der Waals surface area contributed by atoms with Crippen molar-refractivity contribution in [2.75, 3.05) is 0 Å². The van der Waals surface area contributed by atoms with Gasteiger partial charge in [0.05, 0.1) is 6.42 Å². The Morgan fingerprint density at radius 3 is 2.24 bits per heavy atom. The van der Waals surface area contributed by atoms with Gasteiger partial charge in [-0.25, -0.2) is 0 Å². The first kappa shape index (κ1) is 19.2. The van der Waals surface area contributed by atoms with Crippen molar-refractivity contribution in [3.05, 3.63) is 34.9 Å². The number of hydrogen-bond acceptors (Lipinski definition) is 2. The molecule has 0 saturated carbocycles. The lowest BCUT2D eigenvalue weighted by atomic mass is 9.82. The van der Waals surface area contributed by atoms with Gasteiger partial charge in [0.25, 0.3) is 0 Å². The average molecular weight is 393 g/mol. The molecule has 0 spiro atoms. The minimum Gasteiger partial charge on any atom is -0.348 e. The molecule has 0 fully saturated rings. The number of hydrogen-bond donors (Lipinski definition) is 0. The standard InChI is InChI=1S/C14H15Cl5O2/c1-13(2,8-12(20)21-19)11(16)7-14(17,18)9-3-5-10(15)6-4-9/h3-6,11H,7-8H2,1-2H3. The molecule has 1 rings (SSSR count). The summed E-state index contributed by atoms with van der Waals surface area (Å²) in [5, 5.41) is 0.134. The largest absolute Gasteiger partial charge is 0.348 e. The van der Waals surface area contributed by atoms with Gasteiger partial charge in [0.1, 0.15) is 16.2 Å². The Kier molecular flexibility index (Phi) is 6.95. The van der Waals surface area contributed by atoms with Gasteiger partial charge >= 0.3 is 5.97 Å². The summed E-state index contributed by atoms with van der Waals surface area (Å²) in [6, 6.07) is 6.89. The fraction of sp³-hybridized carbons (Fsp3) is 0.500. The van der Waals surface area contributed by atoms with Crippen molar-refractivity contribution < 1.29 is 9.08 Å². The topological polar surface area (TPSA) is 26.3 Å². The second-order valence-electron chi connectivity index (χ2n) is 5.50. The monoisotopic (exact) mass is 390 g/mol. The van der Waals surface area contributed by atoms with Crippen LogP contribution in [0.25, 0.3) is 0 Å². The van der Waals surface area contributed by atoms with Gasteiger partial charge in [-0.05, 0) is 23.1 Å². The first-order valence-corrected chi connectivity index (χ1v) is 8.06. The summed E-state index contributed by atoms with van der Waals surface area (Å²) in [4.78, 5) is 11.3. The Bertz CT molecular complexity index is 485. The van der Waals surface area contributed by atoms with Crippen molar-refractivity contribution in [1.29, 1.82) is 0 Å². The molecule has 0 aromatic heterocycles. The van der Waals surface area contributed by atoms with E-state index < -0.39 is 21.1 Å². The van der Waals surface area contributed by atoms with E-state index in [9.17, 15) is 4.79 Å². The van der Waals surface area contributed by atoms with Crippen LogP contribution in [0, 0.1) is 5.41 Å². The summed E-state index contributed by atoms with van der Waals surface area (Å²) in [5.74, 6) is -0.548. The fourth-order valence-electron chi connectivity index (χ4n) is 1.82. The van der Waals surface area contributed by atoms with Crippen LogP contribution in [0.1, 0.15) is 32.3 Å². The summed E-state index contributed by atoms with van der Waals surface area (Å²) in [6.45, 7) is 3.65. The molecule has 0 amide bonds. The molecule has 0 aliphatic carbocycles. The van der Waals surface area contributed by atoms with Crippen molar-refractivity contribution in [1.82, 2.24) is 0 Å². The predicted octanol–water partition coefficient (Wildman–Crippen LogP) is 6.08. The Balaban J connectivity index is 2.82. The lowest BCUT2D eigenvalue weighted by molar-refractivity contribution is -0.136. The van der Waals surface area contributed by atoms with E-state index in [1.54, 1.807) is 24.3 Å². The SMILES string of the molecule is CC(C)(CC(=O)OCl)C(Cl)CC(Cl)(Cl)c1ccc(Cl)cc1. The highest BCUT2D eigenvalue weighted by Crippen LogP contribution is 2.44. The maximum Gasteiger partial charge on any atom is 0.325 e. The molecule has 1 aromatic rings. The van der Waals surface area contributed by atoms with Gasteiger partial charge in [0, 0.05) is 16.8 Å². The second kappa shape index (κ2) is 7.61. The molecule has 0 aliphatic heterocycles. The quantitative estimate of drug-likeness (QED) is 0.548. The van der Waals surface area contributed by atoms with Crippen LogP contribution in [0.3, 0.4) is 0 Å². The zero-order valence-corrected chi connectivity index (χ0v) is 15.3. The first-order chi connectivity index (χ1) is 9.58. The molecular formula is C14H15Cl5O2. The van der Waals surface area contributed by atoms with E-state index in [0.717, 1.165) is 0 Å². The molecule has 7 heteroatoms. The fourth-order valence-corrected chi connectivity index (χ4v) is 3.03. The van der Waals surface area contributed by atoms with E-state index in [-0.39, 0.29) is 12.8 Å². The molecule has 2 nitrogen and oxygen atoms in total. The predicted molar refractivity (Wildman–Crippen MR) is 89.4 cm³/mol. The first-order valence-electron chi connectivity index (χ1n) is 6.18. The van der Waals surface area contributed by atoms with E-state index in [4.69, 9.17) is 58.3 Å². The summed E-state index contributed by atoms with van der Waals surface area (Å²) in [5.41, 5.74) is 0.117. The lowest BCUT2D eigenvalue weighted by Gasteiger charge is -2.33. The third-order valence-electron chi connectivity index (χ3n) is 3.24. The molecule has 1 aromatic carbocycles. The van der Waals surface area contributed by atoms with E-state index in [0.29, 0.717) is 10.6 Å². The molecule has 1 atom stereocenters. The number of alkyl halides is 3. The summed E-state index contributed by atoms with van der Waals surface area (Å²) in [6.07, 6.45) is 0.316. The molecular weight excluding hydrogens is 377 g/mol. The number of carbonyl (C=O) groups excluding carboxylic acids is 1. The van der Waals surface area contributed by atoms with Gasteiger partial charge in [0.15, 0.2) is 0 Å². The normalized spacial score (nSPS) is 13.9. The van der Waals surface area contributed by atoms with Gasteiger partial charge < -0.3 is 4.29 Å². The highest BCUT2D eigenvalue weighted by molar-refractivity contribution is 6.48. The van der Waals surface area contributed by atoms with E-state index in [1.165, 1.54) is 0 Å². The minimum absolute atomic E-state index is 0.0646. The van der Waals surface area contributed by atoms with E-state index >= 15 is 0 Å². The number of halogens is 5. The molecule has 1 unspecified atom stereocenters. The Morgan fingerprint density at radius 1 is 1.24 bits per heavy atom. The van der Waals surface area contributed by atoms with Crippen LogP contribution in [0.2, 0.25) is 5.02 Å². The van der Waals surface area contributed by atoms with Crippen LogP contribution < -0.4 is 0 Å². The van der Waals surface area contributed by atoms with Gasteiger partial charge in [-0.1, -0.05) is 60.8 Å². The molecule has 21 heavy (non-hydrogen) atoms. The summed E-state index contributed by atoms with van der Waals surface area (Å²) in [7, 11) is 0. The summed E-state index contributed by atoms with van der Waals surface area (Å²) >= 11 is 30.0. The molecule has 0 saturated heterocycles. The minimum atomic E-state index is -1.18. The lowest BCUT2D eigenvalue weighted by Crippen LogP contribution is -2.32. The number of benzene rings is 1. The zero-order chi connectivity index (χ0) is 16.3. The van der Waals surface area contributed by atoms with Crippen LogP contribution in [-0.4, -0.2) is 11.3 Å². The smallest absolute Gasteiger partial charge is 0.325 e. The number of rotatable bonds is 6. The highest BCUT2D eigenvalue weighted by Gasteiger charge is 2.38. The van der Waals surface area contributed by atoms with Crippen molar-refractivity contribution in [2.24, 2.45) is 5.41 Å². The van der Waals surface area contributed by atoms with Crippen molar-refractivity contribution >= 4 is 64.2 Å². The van der Waals surface area contributed by atoms with Crippen molar-refractivity contribution in [3.63, 3.8) is 0 Å². The number of carbonyl (C=O) groups is 1. The zero-order valence-electron chi connectivity index (χ0n) is 11.5. The van der Waals surface area contributed by atoms with Crippen molar-refractivity contribution in [2.45, 2.75) is 36.4 Å². The van der Waals surface area contributed by atoms with Gasteiger partial charge in [-0.2, -0.15) is 0 Å². The Labute approximate surface area is 149 Å². The van der Waals surface area contributed by atoms with Crippen LogP contribution in [0.5, 0.6) is 0 Å². The molecule has 0 radical (unpaired) electrons. The highest BCUT2D eigenvalue weighted by atomic mass is 35.5. The van der Waals surface area contributed by atoms with Crippen LogP contribution >= 0.6 is 58.3 Å². The van der Waals surface area contributed by atoms with Crippen molar-refractivity contribution in [3.8, 4) is 0 Å². The maximum atomic E-state index is 11.3. The van der Waals surface area contributed by atoms with E-state index in [2.05, 4.69) is 4.29 Å². The Morgan fingerprint density at radius 2 is 1.76 bits per heavy atom. The summed E-state index contributed by atoms with van der Waals surface area (Å²) < 4.78 is 2.98. The van der Waals surface area contributed by atoms with E-state index in [1.807, 2.05) is 13.8 Å². The molecule has 0 N–H and O–H groups in total. The third kappa shape index (κ3) is 5.69. The molecule has 0 aliphatic rings. The third-order valence-corrected chi connectivity index (χ3v) is 5.15. The van der Waals surface area contributed by atoms with Crippen LogP contribution in [-0.2, 0) is 13.4 Å². The Hall–Kier alpha value is 0.140. The second-order valence-corrected chi connectivity index (χ2v) is 8.10. The van der Waals surface area contributed by atoms with Crippen LogP contribution in [0.15, 0.2) is 24.3 Å². The van der Waals surface area contributed by atoms with Crippen LogP contribution in [0.4, 0.5) is 0 Å². The van der Waals surface area contributed by atoms with Gasteiger partial charge in [-0.3, -0.25) is 4.79 Å². The molecule has 118 valence electrons. The maximum absolute atomic E-state index is 11.3. The van der Waals surface area contributed by atoms with Gasteiger partial charge in [0.2, 0.25) is 0 Å². The van der Waals surface area contributed by atoms with Gasteiger partial charge in [-0.15, -0.1) is 11.6 Å².